The van der Waals surface area contributed by atoms with Gasteiger partial charge in [0.05, 0.1) is 17.4 Å². The number of nitrogens with one attached hydrogen (secondary N) is 2. The summed E-state index contributed by atoms with van der Waals surface area (Å²) in [6.07, 6.45) is 4.14. The van der Waals surface area contributed by atoms with Crippen molar-refractivity contribution in [2.24, 2.45) is 0 Å². The molecule has 2 aromatic rings. The Balaban J connectivity index is 2.22. The Labute approximate surface area is 137 Å². The van der Waals surface area contributed by atoms with Crippen molar-refractivity contribution < 1.29 is 19.5 Å². The number of nitrogens with zero attached hydrogens (tertiary/aromatic N) is 4. The highest BCUT2D eigenvalue weighted by molar-refractivity contribution is 6.08. The molecule has 0 radical (unpaired) electrons. The van der Waals surface area contributed by atoms with Gasteiger partial charge in [0.1, 0.15) is 6.04 Å². The fraction of sp³-hybridized carbons (Fsp3) is 0.357. The van der Waals surface area contributed by atoms with Gasteiger partial charge in [0.2, 0.25) is 0 Å². The smallest absolute Gasteiger partial charge is 0.328 e. The zero-order valence-corrected chi connectivity index (χ0v) is 13.5. The van der Waals surface area contributed by atoms with E-state index in [1.54, 1.807) is 6.20 Å². The van der Waals surface area contributed by atoms with Crippen LogP contribution in [-0.4, -0.2) is 49.5 Å². The Hall–Kier alpha value is -3.17. The topological polar surface area (TPSA) is 131 Å². The van der Waals surface area contributed by atoms with E-state index in [0.29, 0.717) is 6.54 Å². The van der Waals surface area contributed by atoms with Gasteiger partial charge < -0.3 is 15.7 Å². The molecule has 1 atom stereocenters. The van der Waals surface area contributed by atoms with Crippen LogP contribution in [0.1, 0.15) is 40.7 Å². The molecule has 0 aromatic carbocycles. The van der Waals surface area contributed by atoms with Crippen LogP contribution in [-0.2, 0) is 11.3 Å². The average molecular weight is 334 g/mol. The molecule has 0 aliphatic heterocycles. The number of carboxylic acid groups (broad SMARTS) is 1. The molecular weight excluding hydrogens is 316 g/mol. The molecule has 2 heterocycles. The first-order valence-electron chi connectivity index (χ1n) is 7.25. The number of carbonyl (C=O) groups is 3. The third kappa shape index (κ3) is 3.42. The fourth-order valence-electron chi connectivity index (χ4n) is 1.94. The third-order valence-electron chi connectivity index (χ3n) is 3.39. The number of carboxylic acids is 1. The van der Waals surface area contributed by atoms with Crippen LogP contribution in [0.4, 0.5) is 5.69 Å². The predicted octanol–water partition coefficient (Wildman–Crippen LogP) is 0.357. The van der Waals surface area contributed by atoms with Gasteiger partial charge in [-0.2, -0.15) is 10.2 Å². The lowest BCUT2D eigenvalue weighted by molar-refractivity contribution is -0.140. The van der Waals surface area contributed by atoms with Gasteiger partial charge in [-0.1, -0.05) is 0 Å². The summed E-state index contributed by atoms with van der Waals surface area (Å²) in [7, 11) is 1.47. The van der Waals surface area contributed by atoms with Crippen LogP contribution in [0.15, 0.2) is 18.6 Å². The number of aromatic nitrogens is 4. The molecular formula is C14H18N6O4. The highest BCUT2D eigenvalue weighted by atomic mass is 16.4. The predicted molar refractivity (Wildman–Crippen MR) is 83.8 cm³/mol. The van der Waals surface area contributed by atoms with Gasteiger partial charge >= 0.3 is 5.97 Å². The number of aliphatic carboxylic acids is 1. The second-order valence-electron chi connectivity index (χ2n) is 5.00. The number of carbonyl (C=O) groups excluding carboxylic acids is 2. The van der Waals surface area contributed by atoms with E-state index in [9.17, 15) is 14.4 Å². The van der Waals surface area contributed by atoms with Crippen LogP contribution in [0.25, 0.3) is 0 Å². The first kappa shape index (κ1) is 17.2. The molecule has 0 saturated heterocycles. The van der Waals surface area contributed by atoms with Crippen molar-refractivity contribution in [2.75, 3.05) is 12.4 Å². The molecule has 2 aromatic heterocycles. The molecule has 128 valence electrons. The highest BCUT2D eigenvalue weighted by Gasteiger charge is 2.20. The molecule has 10 heteroatoms. The summed E-state index contributed by atoms with van der Waals surface area (Å²) in [5.74, 6) is -2.00. The molecule has 0 aliphatic carbocycles. The van der Waals surface area contributed by atoms with E-state index < -0.39 is 23.8 Å². The molecule has 0 aliphatic rings. The minimum Gasteiger partial charge on any atom is -0.480 e. The van der Waals surface area contributed by atoms with E-state index in [1.165, 1.54) is 35.7 Å². The normalized spacial score (nSPS) is 11.8. The summed E-state index contributed by atoms with van der Waals surface area (Å²) in [5.41, 5.74) is 0.537. The summed E-state index contributed by atoms with van der Waals surface area (Å²) in [5, 5.41) is 22.0. The highest BCUT2D eigenvalue weighted by Crippen LogP contribution is 2.16. The lowest BCUT2D eigenvalue weighted by atomic mass is 10.3. The van der Waals surface area contributed by atoms with Crippen LogP contribution in [0.2, 0.25) is 0 Å². The second kappa shape index (κ2) is 6.94. The van der Waals surface area contributed by atoms with Gasteiger partial charge in [0, 0.05) is 26.0 Å². The Morgan fingerprint density at radius 1 is 1.29 bits per heavy atom. The fourth-order valence-corrected chi connectivity index (χ4v) is 1.94. The molecule has 2 amide bonds. The number of hydrogen-bond donors (Lipinski definition) is 3. The second-order valence-corrected chi connectivity index (χ2v) is 5.00. The maximum atomic E-state index is 12.3. The van der Waals surface area contributed by atoms with Crippen molar-refractivity contribution >= 4 is 23.5 Å². The zero-order valence-electron chi connectivity index (χ0n) is 13.5. The van der Waals surface area contributed by atoms with E-state index >= 15 is 0 Å². The standard InChI is InChI=1S/C14H18N6O4/c1-4-19-7-10(11(18-19)13(22)15-3)17-12(21)9-5-16-20(6-9)8(2)14(23)24/h5-8H,4H2,1-3H3,(H,15,22)(H,17,21)(H,23,24). The molecule has 0 fully saturated rings. The largest absolute Gasteiger partial charge is 0.480 e. The first-order valence-corrected chi connectivity index (χ1v) is 7.25. The van der Waals surface area contributed by atoms with Crippen molar-refractivity contribution in [3.05, 3.63) is 29.8 Å². The van der Waals surface area contributed by atoms with E-state index in [4.69, 9.17) is 5.11 Å². The van der Waals surface area contributed by atoms with Crippen LogP contribution in [0, 0.1) is 0 Å². The number of hydrogen-bond acceptors (Lipinski definition) is 5. The van der Waals surface area contributed by atoms with Crippen LogP contribution < -0.4 is 10.6 Å². The van der Waals surface area contributed by atoms with Gasteiger partial charge in [0.25, 0.3) is 11.8 Å². The Morgan fingerprint density at radius 3 is 2.58 bits per heavy atom. The summed E-state index contributed by atoms with van der Waals surface area (Å²) >= 11 is 0. The molecule has 2 rings (SSSR count). The molecule has 0 spiro atoms. The van der Waals surface area contributed by atoms with Crippen molar-refractivity contribution in [2.45, 2.75) is 26.4 Å². The number of rotatable bonds is 6. The van der Waals surface area contributed by atoms with Crippen LogP contribution >= 0.6 is 0 Å². The average Bonchev–Trinajstić information content (AvgIpc) is 3.20. The van der Waals surface area contributed by atoms with E-state index in [0.717, 1.165) is 0 Å². The monoisotopic (exact) mass is 334 g/mol. The van der Waals surface area contributed by atoms with E-state index in [1.807, 2.05) is 6.92 Å². The minimum absolute atomic E-state index is 0.0963. The lowest BCUT2D eigenvalue weighted by Gasteiger charge is -2.05. The van der Waals surface area contributed by atoms with Gasteiger partial charge in [-0.15, -0.1) is 0 Å². The molecule has 1 unspecified atom stereocenters. The van der Waals surface area contributed by atoms with Crippen molar-refractivity contribution in [1.82, 2.24) is 24.9 Å². The summed E-state index contributed by atoms with van der Waals surface area (Å²) < 4.78 is 2.70. The maximum absolute atomic E-state index is 12.3. The number of anilines is 1. The molecule has 0 saturated carbocycles. The van der Waals surface area contributed by atoms with Gasteiger partial charge in [0.15, 0.2) is 5.69 Å². The molecule has 10 nitrogen and oxygen atoms in total. The van der Waals surface area contributed by atoms with Crippen LogP contribution in [0.3, 0.4) is 0 Å². The SMILES string of the molecule is CCn1cc(NC(=O)c2cnn(C(C)C(=O)O)c2)c(C(=O)NC)n1. The van der Waals surface area contributed by atoms with Crippen LogP contribution in [0.5, 0.6) is 0 Å². The van der Waals surface area contributed by atoms with Crippen molar-refractivity contribution in [3.63, 3.8) is 0 Å². The van der Waals surface area contributed by atoms with Crippen molar-refractivity contribution in [1.29, 1.82) is 0 Å². The third-order valence-corrected chi connectivity index (χ3v) is 3.39. The van der Waals surface area contributed by atoms with Gasteiger partial charge in [-0.3, -0.25) is 19.0 Å². The summed E-state index contributed by atoms with van der Waals surface area (Å²) in [4.78, 5) is 35.1. The maximum Gasteiger partial charge on any atom is 0.328 e. The quantitative estimate of drug-likeness (QED) is 0.699. The molecule has 24 heavy (non-hydrogen) atoms. The lowest BCUT2D eigenvalue weighted by Crippen LogP contribution is -2.21. The van der Waals surface area contributed by atoms with Gasteiger partial charge in [-0.05, 0) is 13.8 Å². The van der Waals surface area contributed by atoms with Crippen molar-refractivity contribution in [3.8, 4) is 0 Å². The summed E-state index contributed by atoms with van der Waals surface area (Å²) in [6.45, 7) is 3.84. The molecule has 0 bridgehead atoms. The number of aryl methyl sites for hydroxylation is 1. The van der Waals surface area contributed by atoms with E-state index in [2.05, 4.69) is 20.8 Å². The Bertz CT molecular complexity index is 778. The molecule has 3 N–H and O–H groups in total. The zero-order chi connectivity index (χ0) is 17.9. The number of amides is 2. The Kier molecular flexibility index (Phi) is 4.97. The first-order chi connectivity index (χ1) is 11.4. The van der Waals surface area contributed by atoms with Gasteiger partial charge in [-0.25, -0.2) is 4.79 Å². The van der Waals surface area contributed by atoms with E-state index in [-0.39, 0.29) is 16.9 Å². The summed E-state index contributed by atoms with van der Waals surface area (Å²) in [6, 6.07) is -0.893. The Morgan fingerprint density at radius 2 is 2.00 bits per heavy atom. The minimum atomic E-state index is -1.06.